The van der Waals surface area contributed by atoms with Gasteiger partial charge in [0.25, 0.3) is 0 Å². The van der Waals surface area contributed by atoms with Crippen molar-refractivity contribution in [1.82, 2.24) is 15.1 Å². The molecule has 0 amide bonds. The fourth-order valence-corrected chi connectivity index (χ4v) is 1.93. The van der Waals surface area contributed by atoms with E-state index in [4.69, 9.17) is 5.11 Å². The van der Waals surface area contributed by atoms with Crippen LogP contribution in [0.2, 0.25) is 0 Å². The number of hydrogen-bond donors (Lipinski definition) is 2. The molecule has 0 fully saturated rings. The second kappa shape index (κ2) is 5.80. The summed E-state index contributed by atoms with van der Waals surface area (Å²) in [6.07, 6.45) is 2.04. The normalized spacial score (nSPS) is 10.8. The zero-order valence-electron chi connectivity index (χ0n) is 10.8. The Labute approximate surface area is 107 Å². The lowest BCUT2D eigenvalue weighted by Gasteiger charge is -2.05. The first-order valence-corrected chi connectivity index (χ1v) is 6.07. The Morgan fingerprint density at radius 1 is 1.17 bits per heavy atom. The fraction of sp³-hybridized carbons (Fsp3) is 0.357. The molecular formula is C14H19N3O. The summed E-state index contributed by atoms with van der Waals surface area (Å²) in [6, 6.07) is 7.97. The fourth-order valence-electron chi connectivity index (χ4n) is 1.93. The molecule has 4 nitrogen and oxygen atoms in total. The van der Waals surface area contributed by atoms with E-state index in [2.05, 4.69) is 10.4 Å². The number of aliphatic hydroxyl groups is 1. The van der Waals surface area contributed by atoms with E-state index in [1.807, 2.05) is 49.1 Å². The second-order valence-corrected chi connectivity index (χ2v) is 4.49. The van der Waals surface area contributed by atoms with Crippen molar-refractivity contribution in [3.63, 3.8) is 0 Å². The van der Waals surface area contributed by atoms with Crippen molar-refractivity contribution >= 4 is 0 Å². The van der Waals surface area contributed by atoms with Gasteiger partial charge in [-0.05, 0) is 18.1 Å². The SMILES string of the molecule is Cc1nn(C)cc1CNCc1ccc(CO)cc1. The van der Waals surface area contributed by atoms with Crippen LogP contribution in [-0.2, 0) is 26.7 Å². The van der Waals surface area contributed by atoms with Gasteiger partial charge in [-0.25, -0.2) is 0 Å². The third kappa shape index (κ3) is 3.18. The maximum Gasteiger partial charge on any atom is 0.0681 e. The van der Waals surface area contributed by atoms with E-state index in [-0.39, 0.29) is 6.61 Å². The zero-order chi connectivity index (χ0) is 13.0. The molecule has 1 heterocycles. The lowest BCUT2D eigenvalue weighted by atomic mass is 10.1. The number of nitrogens with zero attached hydrogens (tertiary/aromatic N) is 2. The Morgan fingerprint density at radius 2 is 1.83 bits per heavy atom. The van der Waals surface area contributed by atoms with Crippen LogP contribution in [0.5, 0.6) is 0 Å². The summed E-state index contributed by atoms with van der Waals surface area (Å²) in [5.74, 6) is 0. The van der Waals surface area contributed by atoms with Crippen LogP contribution in [0.1, 0.15) is 22.4 Å². The predicted molar refractivity (Wildman–Crippen MR) is 70.9 cm³/mol. The van der Waals surface area contributed by atoms with Crippen molar-refractivity contribution in [1.29, 1.82) is 0 Å². The zero-order valence-corrected chi connectivity index (χ0v) is 10.8. The molecule has 0 radical (unpaired) electrons. The van der Waals surface area contributed by atoms with Crippen LogP contribution in [0.15, 0.2) is 30.5 Å². The molecule has 0 bridgehead atoms. The van der Waals surface area contributed by atoms with Gasteiger partial charge in [0.2, 0.25) is 0 Å². The van der Waals surface area contributed by atoms with Gasteiger partial charge >= 0.3 is 0 Å². The monoisotopic (exact) mass is 245 g/mol. The molecule has 1 aromatic heterocycles. The molecule has 0 saturated heterocycles. The van der Waals surface area contributed by atoms with Gasteiger partial charge in [-0.1, -0.05) is 24.3 Å². The molecule has 0 aliphatic heterocycles. The lowest BCUT2D eigenvalue weighted by molar-refractivity contribution is 0.282. The Morgan fingerprint density at radius 3 is 2.39 bits per heavy atom. The van der Waals surface area contributed by atoms with E-state index in [0.29, 0.717) is 0 Å². The molecule has 0 atom stereocenters. The van der Waals surface area contributed by atoms with Crippen LogP contribution >= 0.6 is 0 Å². The van der Waals surface area contributed by atoms with Crippen LogP contribution in [-0.4, -0.2) is 14.9 Å². The van der Waals surface area contributed by atoms with E-state index in [1.165, 1.54) is 11.1 Å². The smallest absolute Gasteiger partial charge is 0.0681 e. The highest BCUT2D eigenvalue weighted by Gasteiger charge is 2.02. The summed E-state index contributed by atoms with van der Waals surface area (Å²) in [5.41, 5.74) is 4.46. The topological polar surface area (TPSA) is 50.1 Å². The first kappa shape index (κ1) is 12.8. The summed E-state index contributed by atoms with van der Waals surface area (Å²) >= 11 is 0. The van der Waals surface area contributed by atoms with Crippen molar-refractivity contribution < 1.29 is 5.11 Å². The molecule has 2 rings (SSSR count). The molecule has 2 aromatic rings. The minimum atomic E-state index is 0.0998. The first-order valence-electron chi connectivity index (χ1n) is 6.07. The average molecular weight is 245 g/mol. The van der Waals surface area contributed by atoms with Crippen LogP contribution in [0.4, 0.5) is 0 Å². The van der Waals surface area contributed by atoms with E-state index in [9.17, 15) is 0 Å². The van der Waals surface area contributed by atoms with Gasteiger partial charge < -0.3 is 10.4 Å². The lowest BCUT2D eigenvalue weighted by Crippen LogP contribution is -2.12. The molecule has 0 saturated carbocycles. The standard InChI is InChI=1S/C14H19N3O/c1-11-14(9-17(2)16-11)8-15-7-12-3-5-13(10-18)6-4-12/h3-6,9,15,18H,7-8,10H2,1-2H3. The Kier molecular flexibility index (Phi) is 4.12. The van der Waals surface area contributed by atoms with Crippen LogP contribution in [0.3, 0.4) is 0 Å². The van der Waals surface area contributed by atoms with E-state index < -0.39 is 0 Å². The first-order chi connectivity index (χ1) is 8.69. The summed E-state index contributed by atoms with van der Waals surface area (Å²) in [5, 5.41) is 16.7. The van der Waals surface area contributed by atoms with Gasteiger partial charge in [-0.3, -0.25) is 4.68 Å². The summed E-state index contributed by atoms with van der Waals surface area (Å²) < 4.78 is 1.84. The van der Waals surface area contributed by atoms with Crippen molar-refractivity contribution in [2.24, 2.45) is 7.05 Å². The number of aromatic nitrogens is 2. The number of rotatable bonds is 5. The number of hydrogen-bond acceptors (Lipinski definition) is 3. The number of nitrogens with one attached hydrogen (secondary N) is 1. The number of benzene rings is 1. The highest BCUT2D eigenvalue weighted by atomic mass is 16.3. The minimum Gasteiger partial charge on any atom is -0.392 e. The van der Waals surface area contributed by atoms with Crippen molar-refractivity contribution in [3.05, 3.63) is 52.8 Å². The highest BCUT2D eigenvalue weighted by molar-refractivity contribution is 5.22. The van der Waals surface area contributed by atoms with Gasteiger partial charge in [0.15, 0.2) is 0 Å². The van der Waals surface area contributed by atoms with Gasteiger partial charge in [0.05, 0.1) is 12.3 Å². The van der Waals surface area contributed by atoms with E-state index >= 15 is 0 Å². The maximum absolute atomic E-state index is 8.96. The summed E-state index contributed by atoms with van der Waals surface area (Å²) in [4.78, 5) is 0. The van der Waals surface area contributed by atoms with E-state index in [1.54, 1.807) is 0 Å². The summed E-state index contributed by atoms with van der Waals surface area (Å²) in [7, 11) is 1.93. The molecule has 1 aromatic carbocycles. The van der Waals surface area contributed by atoms with Crippen LogP contribution < -0.4 is 5.32 Å². The van der Waals surface area contributed by atoms with Gasteiger partial charge in [0.1, 0.15) is 0 Å². The third-order valence-corrected chi connectivity index (χ3v) is 2.97. The van der Waals surface area contributed by atoms with Crippen LogP contribution in [0.25, 0.3) is 0 Å². The predicted octanol–water partition coefficient (Wildman–Crippen LogP) is 1.51. The molecule has 0 unspecified atom stereocenters. The molecule has 0 aliphatic rings. The van der Waals surface area contributed by atoms with Crippen molar-refractivity contribution in [2.45, 2.75) is 26.6 Å². The van der Waals surface area contributed by atoms with Gasteiger partial charge in [-0.2, -0.15) is 5.10 Å². The van der Waals surface area contributed by atoms with Gasteiger partial charge in [0, 0.05) is 31.9 Å². The Bertz CT molecular complexity index is 502. The molecule has 2 N–H and O–H groups in total. The minimum absolute atomic E-state index is 0.0998. The second-order valence-electron chi connectivity index (χ2n) is 4.49. The quantitative estimate of drug-likeness (QED) is 0.839. The molecular weight excluding hydrogens is 226 g/mol. The molecule has 96 valence electrons. The maximum atomic E-state index is 8.96. The molecule has 0 aliphatic carbocycles. The van der Waals surface area contributed by atoms with Crippen molar-refractivity contribution in [2.75, 3.05) is 0 Å². The number of aryl methyl sites for hydroxylation is 2. The van der Waals surface area contributed by atoms with Crippen LogP contribution in [0, 0.1) is 6.92 Å². The molecule has 4 heteroatoms. The Balaban J connectivity index is 1.86. The Hall–Kier alpha value is -1.65. The summed E-state index contributed by atoms with van der Waals surface area (Å²) in [6.45, 7) is 3.76. The van der Waals surface area contributed by atoms with Crippen molar-refractivity contribution in [3.8, 4) is 0 Å². The highest BCUT2D eigenvalue weighted by Crippen LogP contribution is 2.06. The van der Waals surface area contributed by atoms with E-state index in [0.717, 1.165) is 24.3 Å². The average Bonchev–Trinajstić information content (AvgIpc) is 2.69. The molecule has 0 spiro atoms. The van der Waals surface area contributed by atoms with Gasteiger partial charge in [-0.15, -0.1) is 0 Å². The molecule has 18 heavy (non-hydrogen) atoms. The number of aliphatic hydroxyl groups excluding tert-OH is 1. The third-order valence-electron chi connectivity index (χ3n) is 2.97. The largest absolute Gasteiger partial charge is 0.392 e.